The molecule has 1 aliphatic heterocycles. The Hall–Kier alpha value is -1.31. The van der Waals surface area contributed by atoms with Gasteiger partial charge in [-0.3, -0.25) is 4.90 Å². The zero-order valence-electron chi connectivity index (χ0n) is 15.9. The van der Waals surface area contributed by atoms with Crippen molar-refractivity contribution in [3.05, 3.63) is 11.3 Å². The summed E-state index contributed by atoms with van der Waals surface area (Å²) < 4.78 is 5.51. The Morgan fingerprint density at radius 3 is 2.62 bits per heavy atom. The van der Waals surface area contributed by atoms with Crippen LogP contribution in [0.5, 0.6) is 0 Å². The summed E-state index contributed by atoms with van der Waals surface area (Å²) >= 11 is 1.70. The van der Waals surface area contributed by atoms with Crippen molar-refractivity contribution in [3.63, 3.8) is 0 Å². The summed E-state index contributed by atoms with van der Waals surface area (Å²) in [6.45, 7) is 9.32. The third kappa shape index (κ3) is 3.57. The molecule has 1 aliphatic carbocycles. The summed E-state index contributed by atoms with van der Waals surface area (Å²) in [6.07, 6.45) is 7.66. The molecule has 3 heterocycles. The largest absolute Gasteiger partial charge is 0.379 e. The molecule has 4 rings (SSSR count). The quantitative estimate of drug-likeness (QED) is 0.800. The fraction of sp³-hybridized carbons (Fsp3) is 0.737. The fourth-order valence-electron chi connectivity index (χ4n) is 4.41. The van der Waals surface area contributed by atoms with Gasteiger partial charge in [-0.1, -0.05) is 18.3 Å². The first kappa shape index (κ1) is 18.1. The zero-order valence-corrected chi connectivity index (χ0v) is 16.7. The number of aryl methyl sites for hydroxylation is 1. The first-order valence-corrected chi connectivity index (χ1v) is 10.8. The van der Waals surface area contributed by atoms with Gasteiger partial charge in [0.25, 0.3) is 0 Å². The van der Waals surface area contributed by atoms with E-state index in [1.54, 1.807) is 17.7 Å². The molecular formula is C19H29N5OS. The molecule has 0 bridgehead atoms. The Bertz CT molecular complexity index is 722. The van der Waals surface area contributed by atoms with E-state index in [0.717, 1.165) is 66.5 Å². The van der Waals surface area contributed by atoms with E-state index in [2.05, 4.69) is 33.6 Å². The van der Waals surface area contributed by atoms with Crippen LogP contribution in [-0.2, 0) is 11.2 Å². The average molecular weight is 376 g/mol. The second kappa shape index (κ2) is 8.15. The minimum Gasteiger partial charge on any atom is -0.379 e. The van der Waals surface area contributed by atoms with Gasteiger partial charge in [0.1, 0.15) is 16.7 Å². The standard InChI is InChI=1S/C19H29N5OS/c1-3-16-22-17-18(20-13-21-19(17)26-16)24(4-2)15-7-5-14(6-8-15)23-9-11-25-12-10-23/h13-15H,3-12H2,1-2H3/t14-,15-. The highest BCUT2D eigenvalue weighted by Crippen LogP contribution is 2.33. The van der Waals surface area contributed by atoms with Gasteiger partial charge < -0.3 is 9.64 Å². The van der Waals surface area contributed by atoms with Gasteiger partial charge in [-0.25, -0.2) is 15.0 Å². The van der Waals surface area contributed by atoms with E-state index in [9.17, 15) is 0 Å². The number of aromatic nitrogens is 3. The van der Waals surface area contributed by atoms with Crippen LogP contribution in [0.15, 0.2) is 6.33 Å². The van der Waals surface area contributed by atoms with Crippen LogP contribution in [0.25, 0.3) is 10.3 Å². The van der Waals surface area contributed by atoms with E-state index in [-0.39, 0.29) is 0 Å². The molecule has 142 valence electrons. The summed E-state index contributed by atoms with van der Waals surface area (Å²) in [5.41, 5.74) is 0.992. The summed E-state index contributed by atoms with van der Waals surface area (Å²) in [7, 11) is 0. The van der Waals surface area contributed by atoms with Gasteiger partial charge in [-0.05, 0) is 39.0 Å². The second-order valence-electron chi connectivity index (χ2n) is 7.21. The maximum atomic E-state index is 5.51. The monoisotopic (exact) mass is 375 g/mol. The lowest BCUT2D eigenvalue weighted by molar-refractivity contribution is 0.00729. The molecule has 0 aromatic carbocycles. The molecule has 1 saturated heterocycles. The van der Waals surface area contributed by atoms with E-state index in [4.69, 9.17) is 9.72 Å². The first-order valence-electron chi connectivity index (χ1n) is 9.99. The highest BCUT2D eigenvalue weighted by Gasteiger charge is 2.30. The van der Waals surface area contributed by atoms with Gasteiger partial charge in [0.2, 0.25) is 0 Å². The van der Waals surface area contributed by atoms with Crippen LogP contribution in [0.3, 0.4) is 0 Å². The maximum absolute atomic E-state index is 5.51. The van der Waals surface area contributed by atoms with Crippen molar-refractivity contribution in [3.8, 4) is 0 Å². The molecule has 2 aromatic heterocycles. The number of fused-ring (bicyclic) bond motifs is 1. The predicted octanol–water partition coefficient (Wildman–Crippen LogP) is 3.12. The van der Waals surface area contributed by atoms with Crippen LogP contribution in [0.4, 0.5) is 5.82 Å². The molecule has 2 fully saturated rings. The third-order valence-electron chi connectivity index (χ3n) is 5.80. The Labute approximate surface area is 159 Å². The molecule has 0 spiro atoms. The van der Waals surface area contributed by atoms with Gasteiger partial charge in [0, 0.05) is 31.7 Å². The minimum absolute atomic E-state index is 0.558. The highest BCUT2D eigenvalue weighted by molar-refractivity contribution is 7.18. The molecule has 2 aliphatic rings. The maximum Gasteiger partial charge on any atom is 0.159 e. The average Bonchev–Trinajstić information content (AvgIpc) is 3.14. The van der Waals surface area contributed by atoms with Crippen molar-refractivity contribution < 1.29 is 4.74 Å². The number of nitrogens with zero attached hydrogens (tertiary/aromatic N) is 5. The minimum atomic E-state index is 0.558. The second-order valence-corrected chi connectivity index (χ2v) is 8.27. The lowest BCUT2D eigenvalue weighted by Gasteiger charge is -2.42. The smallest absolute Gasteiger partial charge is 0.159 e. The lowest BCUT2D eigenvalue weighted by atomic mass is 9.89. The number of hydrogen-bond acceptors (Lipinski definition) is 7. The molecule has 0 unspecified atom stereocenters. The van der Waals surface area contributed by atoms with E-state index in [0.29, 0.717) is 6.04 Å². The Morgan fingerprint density at radius 1 is 1.15 bits per heavy atom. The van der Waals surface area contributed by atoms with Crippen LogP contribution in [0, 0.1) is 0 Å². The number of thiazole rings is 1. The van der Waals surface area contributed by atoms with Gasteiger partial charge in [-0.2, -0.15) is 0 Å². The number of ether oxygens (including phenoxy) is 1. The number of anilines is 1. The molecule has 26 heavy (non-hydrogen) atoms. The Kier molecular flexibility index (Phi) is 5.66. The Morgan fingerprint density at radius 2 is 1.92 bits per heavy atom. The van der Waals surface area contributed by atoms with Crippen LogP contribution < -0.4 is 4.90 Å². The molecular weight excluding hydrogens is 346 g/mol. The van der Waals surface area contributed by atoms with Crippen LogP contribution in [0.1, 0.15) is 44.5 Å². The Balaban J connectivity index is 1.49. The molecule has 2 aromatic rings. The van der Waals surface area contributed by atoms with Gasteiger partial charge >= 0.3 is 0 Å². The fourth-order valence-corrected chi connectivity index (χ4v) is 5.24. The zero-order chi connectivity index (χ0) is 17.9. The third-order valence-corrected chi connectivity index (χ3v) is 6.91. The molecule has 0 N–H and O–H groups in total. The molecule has 0 amide bonds. The van der Waals surface area contributed by atoms with Crippen molar-refractivity contribution in [2.75, 3.05) is 37.7 Å². The van der Waals surface area contributed by atoms with E-state index in [1.165, 1.54) is 25.7 Å². The van der Waals surface area contributed by atoms with Crippen molar-refractivity contribution >= 4 is 27.5 Å². The van der Waals surface area contributed by atoms with Crippen molar-refractivity contribution in [2.24, 2.45) is 0 Å². The number of hydrogen-bond donors (Lipinski definition) is 0. The lowest BCUT2D eigenvalue weighted by Crippen LogP contribution is -2.48. The van der Waals surface area contributed by atoms with E-state index in [1.807, 2.05) is 0 Å². The van der Waals surface area contributed by atoms with Gasteiger partial charge in [0.05, 0.1) is 18.2 Å². The molecule has 7 heteroatoms. The molecule has 6 nitrogen and oxygen atoms in total. The van der Waals surface area contributed by atoms with Crippen molar-refractivity contribution in [2.45, 2.75) is 58.0 Å². The van der Waals surface area contributed by atoms with Crippen LogP contribution in [0.2, 0.25) is 0 Å². The molecule has 0 atom stereocenters. The number of rotatable bonds is 5. The summed E-state index contributed by atoms with van der Waals surface area (Å²) in [6, 6.07) is 1.28. The summed E-state index contributed by atoms with van der Waals surface area (Å²) in [5, 5.41) is 1.15. The van der Waals surface area contributed by atoms with Crippen molar-refractivity contribution in [1.29, 1.82) is 0 Å². The summed E-state index contributed by atoms with van der Waals surface area (Å²) in [5.74, 6) is 1.03. The van der Waals surface area contributed by atoms with Gasteiger partial charge in [-0.15, -0.1) is 0 Å². The predicted molar refractivity (Wildman–Crippen MR) is 106 cm³/mol. The number of morpholine rings is 1. The topological polar surface area (TPSA) is 54.4 Å². The SMILES string of the molecule is CCc1nc2c(N(CC)[C@H]3CC[C@H](N4CCOCC4)CC3)ncnc2s1. The van der Waals surface area contributed by atoms with Gasteiger partial charge in [0.15, 0.2) is 5.82 Å². The van der Waals surface area contributed by atoms with E-state index < -0.39 is 0 Å². The first-order chi connectivity index (χ1) is 12.8. The molecule has 1 saturated carbocycles. The van der Waals surface area contributed by atoms with E-state index >= 15 is 0 Å². The normalized spacial score (nSPS) is 24.8. The van der Waals surface area contributed by atoms with Crippen molar-refractivity contribution in [1.82, 2.24) is 19.9 Å². The summed E-state index contributed by atoms with van der Waals surface area (Å²) in [4.78, 5) is 20.0. The van der Waals surface area contributed by atoms with Crippen LogP contribution in [-0.4, -0.2) is 64.8 Å². The molecule has 0 radical (unpaired) electrons. The highest BCUT2D eigenvalue weighted by atomic mass is 32.1. The van der Waals surface area contributed by atoms with Crippen LogP contribution >= 0.6 is 11.3 Å².